The van der Waals surface area contributed by atoms with Crippen LogP contribution in [-0.2, 0) is 9.53 Å². The van der Waals surface area contributed by atoms with E-state index in [0.29, 0.717) is 22.9 Å². The van der Waals surface area contributed by atoms with Crippen molar-refractivity contribution in [3.8, 4) is 0 Å². The van der Waals surface area contributed by atoms with Crippen LogP contribution in [0.3, 0.4) is 0 Å². The van der Waals surface area contributed by atoms with Gasteiger partial charge in [0.2, 0.25) is 11.4 Å². The number of hydrogen-bond donors (Lipinski definition) is 0. The molecule has 0 aromatic carbocycles. The molecule has 5 nitrogen and oxygen atoms in total. The van der Waals surface area contributed by atoms with Gasteiger partial charge in [-0.2, -0.15) is 4.37 Å². The minimum absolute atomic E-state index is 0.0850. The predicted molar refractivity (Wildman–Crippen MR) is 70.1 cm³/mol. The van der Waals surface area contributed by atoms with E-state index >= 15 is 0 Å². The lowest BCUT2D eigenvalue weighted by molar-refractivity contribution is -0.115. The molecule has 1 aliphatic heterocycles. The van der Waals surface area contributed by atoms with Gasteiger partial charge < -0.3 is 4.74 Å². The average molecular weight is 265 g/mol. The summed E-state index contributed by atoms with van der Waals surface area (Å²) in [6.45, 7) is 9.47. The van der Waals surface area contributed by atoms with Crippen LogP contribution in [0.15, 0.2) is 29.8 Å². The second kappa shape index (κ2) is 4.89. The maximum absolute atomic E-state index is 12.2. The van der Waals surface area contributed by atoms with Crippen LogP contribution in [0.25, 0.3) is 0 Å². The quantitative estimate of drug-likeness (QED) is 0.785. The highest BCUT2D eigenvalue weighted by Crippen LogP contribution is 2.33. The van der Waals surface area contributed by atoms with Gasteiger partial charge in [-0.05, 0) is 19.4 Å². The van der Waals surface area contributed by atoms with E-state index in [1.807, 2.05) is 13.8 Å². The summed E-state index contributed by atoms with van der Waals surface area (Å²) in [5.41, 5.74) is 1.59. The third kappa shape index (κ3) is 2.03. The normalized spacial score (nSPS) is 19.6. The van der Waals surface area contributed by atoms with Crippen molar-refractivity contribution in [2.75, 3.05) is 4.90 Å². The first kappa shape index (κ1) is 12.8. The summed E-state index contributed by atoms with van der Waals surface area (Å²) < 4.78 is 9.67. The molecule has 1 atom stereocenters. The van der Waals surface area contributed by atoms with Crippen molar-refractivity contribution in [2.45, 2.75) is 33.4 Å². The average Bonchev–Trinajstić information content (AvgIpc) is 2.94. The molecule has 2 heterocycles. The molecular formula is C12H15N3O2S. The smallest absolute Gasteiger partial charge is 0.259 e. The fourth-order valence-electron chi connectivity index (χ4n) is 1.68. The molecule has 6 heteroatoms. The molecule has 0 saturated carbocycles. The van der Waals surface area contributed by atoms with E-state index in [-0.39, 0.29) is 5.91 Å². The molecule has 1 amide bonds. The number of ether oxygens (including phenoxy) is 1. The van der Waals surface area contributed by atoms with Crippen LogP contribution in [-0.4, -0.2) is 21.5 Å². The van der Waals surface area contributed by atoms with Gasteiger partial charge in [0, 0.05) is 23.5 Å². The van der Waals surface area contributed by atoms with Crippen LogP contribution >= 0.6 is 11.5 Å². The molecule has 0 radical (unpaired) electrons. The van der Waals surface area contributed by atoms with Gasteiger partial charge >= 0.3 is 0 Å². The highest BCUT2D eigenvalue weighted by atomic mass is 32.1. The van der Waals surface area contributed by atoms with E-state index in [4.69, 9.17) is 4.74 Å². The van der Waals surface area contributed by atoms with Crippen LogP contribution in [0.1, 0.15) is 27.2 Å². The van der Waals surface area contributed by atoms with Crippen LogP contribution in [0.5, 0.6) is 0 Å². The monoisotopic (exact) mass is 265 g/mol. The third-order valence-electron chi connectivity index (χ3n) is 2.96. The van der Waals surface area contributed by atoms with Crippen molar-refractivity contribution < 1.29 is 9.53 Å². The number of carbonyl (C=O) groups is 1. The van der Waals surface area contributed by atoms with Crippen molar-refractivity contribution in [1.29, 1.82) is 0 Å². The topological polar surface area (TPSA) is 55.3 Å². The number of rotatable bonds is 4. The highest BCUT2D eigenvalue weighted by Gasteiger charge is 2.39. The van der Waals surface area contributed by atoms with Gasteiger partial charge in [0.1, 0.15) is 6.33 Å². The van der Waals surface area contributed by atoms with Gasteiger partial charge in [0.05, 0.1) is 5.76 Å². The van der Waals surface area contributed by atoms with E-state index in [9.17, 15) is 4.79 Å². The Morgan fingerprint density at radius 1 is 1.61 bits per heavy atom. The minimum atomic E-state index is -0.446. The maximum atomic E-state index is 12.2. The number of hydrogen-bond acceptors (Lipinski definition) is 5. The van der Waals surface area contributed by atoms with Gasteiger partial charge in [-0.25, -0.2) is 9.88 Å². The van der Waals surface area contributed by atoms with Crippen molar-refractivity contribution in [1.82, 2.24) is 9.36 Å². The van der Waals surface area contributed by atoms with E-state index < -0.39 is 6.23 Å². The Kier molecular flexibility index (Phi) is 3.47. The van der Waals surface area contributed by atoms with Crippen molar-refractivity contribution in [3.63, 3.8) is 0 Å². The molecule has 1 unspecified atom stereocenters. The zero-order chi connectivity index (χ0) is 13.3. The second-order valence-electron chi connectivity index (χ2n) is 4.07. The number of aromatic nitrogens is 2. The molecular weight excluding hydrogens is 250 g/mol. The van der Waals surface area contributed by atoms with Gasteiger partial charge in [0.15, 0.2) is 0 Å². The molecule has 0 bridgehead atoms. The summed E-state index contributed by atoms with van der Waals surface area (Å²) in [6, 6.07) is 0. The maximum Gasteiger partial charge on any atom is 0.259 e. The van der Waals surface area contributed by atoms with Crippen LogP contribution in [0.2, 0.25) is 0 Å². The fourth-order valence-corrected chi connectivity index (χ4v) is 2.23. The number of allylic oxidation sites excluding steroid dienone is 1. The van der Waals surface area contributed by atoms with Gasteiger partial charge in [-0.3, -0.25) is 4.79 Å². The first-order chi connectivity index (χ1) is 8.56. The summed E-state index contributed by atoms with van der Waals surface area (Å²) in [7, 11) is 0. The molecule has 0 fully saturated rings. The molecule has 18 heavy (non-hydrogen) atoms. The van der Waals surface area contributed by atoms with E-state index in [0.717, 1.165) is 5.57 Å². The summed E-state index contributed by atoms with van der Waals surface area (Å²) in [5, 5.41) is 0.546. The number of carbonyl (C=O) groups excluding carboxylic acids is 1. The van der Waals surface area contributed by atoms with E-state index in [1.54, 1.807) is 6.92 Å². The molecule has 2 rings (SSSR count). The molecule has 1 aliphatic rings. The van der Waals surface area contributed by atoms with E-state index in [2.05, 4.69) is 15.9 Å². The summed E-state index contributed by atoms with van der Waals surface area (Å²) in [5.74, 6) is 0.564. The SMILES string of the molecule is C=C(CC)OC1C(C)=C(C)C(=O)N1c1ncns1. The fraction of sp³-hybridized carbons (Fsp3) is 0.417. The first-order valence-electron chi connectivity index (χ1n) is 5.68. The molecule has 96 valence electrons. The first-order valence-corrected chi connectivity index (χ1v) is 6.45. The van der Waals surface area contributed by atoms with E-state index in [1.165, 1.54) is 22.8 Å². The van der Waals surface area contributed by atoms with Crippen molar-refractivity contribution in [2.24, 2.45) is 0 Å². The molecule has 1 aromatic rings. The van der Waals surface area contributed by atoms with Gasteiger partial charge in [0.25, 0.3) is 5.91 Å². The minimum Gasteiger partial charge on any atom is -0.471 e. The molecule has 1 aromatic heterocycles. The van der Waals surface area contributed by atoms with Crippen LogP contribution < -0.4 is 4.90 Å². The Balaban J connectivity index is 2.33. The Morgan fingerprint density at radius 3 is 2.89 bits per heavy atom. The number of anilines is 1. The molecule has 0 aliphatic carbocycles. The summed E-state index contributed by atoms with van der Waals surface area (Å²) in [4.78, 5) is 17.8. The lowest BCUT2D eigenvalue weighted by Gasteiger charge is -2.25. The summed E-state index contributed by atoms with van der Waals surface area (Å²) >= 11 is 1.17. The lowest BCUT2D eigenvalue weighted by Crippen LogP contribution is -2.37. The van der Waals surface area contributed by atoms with Crippen molar-refractivity contribution in [3.05, 3.63) is 29.8 Å². The van der Waals surface area contributed by atoms with Crippen LogP contribution in [0, 0.1) is 0 Å². The van der Waals surface area contributed by atoms with Crippen molar-refractivity contribution >= 4 is 22.6 Å². The molecule has 0 spiro atoms. The molecule has 0 saturated heterocycles. The molecule has 0 N–H and O–H groups in total. The third-order valence-corrected chi connectivity index (χ3v) is 3.63. The number of amides is 1. The van der Waals surface area contributed by atoms with Gasteiger partial charge in [-0.1, -0.05) is 13.5 Å². The van der Waals surface area contributed by atoms with Crippen LogP contribution in [0.4, 0.5) is 5.13 Å². The Hall–Kier alpha value is -1.69. The predicted octanol–water partition coefficient (Wildman–Crippen LogP) is 2.49. The second-order valence-corrected chi connectivity index (χ2v) is 4.83. The van der Waals surface area contributed by atoms with Gasteiger partial charge in [-0.15, -0.1) is 0 Å². The Morgan fingerprint density at radius 2 is 2.33 bits per heavy atom. The highest BCUT2D eigenvalue weighted by molar-refractivity contribution is 7.09. The Labute approximate surface area is 110 Å². The largest absolute Gasteiger partial charge is 0.471 e. The summed E-state index contributed by atoms with van der Waals surface area (Å²) in [6.07, 6.45) is 1.70. The zero-order valence-electron chi connectivity index (χ0n) is 10.6. The Bertz CT molecular complexity index is 507. The lowest BCUT2D eigenvalue weighted by atomic mass is 10.2. The standard InChI is InChI=1S/C12H15N3O2S/c1-5-7(2)17-11-9(4)8(3)10(16)15(11)12-13-6-14-18-12/h6,11H,2,5H2,1,3-4H3. The zero-order valence-corrected chi connectivity index (χ0v) is 11.5. The number of nitrogens with zero attached hydrogens (tertiary/aromatic N) is 3.